The van der Waals surface area contributed by atoms with Gasteiger partial charge in [-0.3, -0.25) is 9.79 Å². The second-order valence-electron chi connectivity index (χ2n) is 16.5. The molecule has 2 aromatic rings. The van der Waals surface area contributed by atoms with Crippen molar-refractivity contribution < 1.29 is 57.0 Å². The zero-order chi connectivity index (χ0) is 35.7. The van der Waals surface area contributed by atoms with Crippen LogP contribution in [0.3, 0.4) is 0 Å². The van der Waals surface area contributed by atoms with Crippen molar-refractivity contribution in [3.8, 4) is 11.5 Å². The van der Waals surface area contributed by atoms with Gasteiger partial charge < -0.3 is 18.5 Å². The lowest BCUT2D eigenvalue weighted by molar-refractivity contribution is -0.655. The predicted octanol–water partition coefficient (Wildman–Crippen LogP) is 8.40. The van der Waals surface area contributed by atoms with E-state index in [-0.39, 0.29) is 53.4 Å². The largest absolute Gasteiger partial charge is 0.524 e. The average molecular weight is 798 g/mol. The summed E-state index contributed by atoms with van der Waals surface area (Å²) in [5.41, 5.74) is -0.404. The third kappa shape index (κ3) is 4.93. The van der Waals surface area contributed by atoms with Crippen molar-refractivity contribution in [1.29, 1.82) is 0 Å². The molecule has 52 heavy (non-hydrogen) atoms. The highest BCUT2D eigenvalue weighted by molar-refractivity contribution is 7.46. The maximum atomic E-state index is 11.9. The van der Waals surface area contributed by atoms with E-state index in [2.05, 4.69) is 0 Å². The topological polar surface area (TPSA) is 148 Å². The van der Waals surface area contributed by atoms with Gasteiger partial charge in [0.25, 0.3) is 11.6 Å². The van der Waals surface area contributed by atoms with Crippen molar-refractivity contribution in [1.82, 2.24) is 0 Å². The number of hydrogen-bond acceptors (Lipinski definition) is 10. The van der Waals surface area contributed by atoms with E-state index in [1.807, 2.05) is 6.07 Å². The molecule has 8 aliphatic carbocycles. The van der Waals surface area contributed by atoms with Gasteiger partial charge in [0.2, 0.25) is 0 Å². The molecule has 0 aromatic heterocycles. The first-order valence-corrected chi connectivity index (χ1v) is 21.4. The molecule has 0 amide bonds. The molecule has 12 rings (SSSR count). The Labute approximate surface area is 312 Å². The summed E-state index contributed by atoms with van der Waals surface area (Å²) in [5, 5.41) is 0.345. The molecule has 8 bridgehead atoms. The Hall–Kier alpha value is -1.37. The number of phosphoric acid groups is 1. The maximum absolute atomic E-state index is 11.9. The molecule has 2 atom stereocenters. The number of rotatable bonds is 11. The maximum Gasteiger partial charge on any atom is 0.524 e. The van der Waals surface area contributed by atoms with Gasteiger partial charge in [-0.1, -0.05) is 35.3 Å². The molecule has 2 aromatic carbocycles. The van der Waals surface area contributed by atoms with E-state index in [9.17, 15) is 18.9 Å². The van der Waals surface area contributed by atoms with Gasteiger partial charge in [-0.25, -0.2) is 18.9 Å². The van der Waals surface area contributed by atoms with Crippen LogP contribution in [-0.2, 0) is 49.7 Å². The number of benzene rings is 2. The van der Waals surface area contributed by atoms with Crippen LogP contribution in [0.5, 0.6) is 11.5 Å². The molecular weight excluding hydrogens is 757 g/mol. The molecule has 2 spiro atoms. The lowest BCUT2D eigenvalue weighted by Gasteiger charge is -2.69. The van der Waals surface area contributed by atoms with Crippen molar-refractivity contribution in [2.75, 3.05) is 13.2 Å². The molecule has 2 aliphatic heterocycles. The highest BCUT2D eigenvalue weighted by Gasteiger charge is 2.78. The van der Waals surface area contributed by atoms with Crippen LogP contribution < -0.4 is 9.05 Å². The minimum absolute atomic E-state index is 0.0396. The summed E-state index contributed by atoms with van der Waals surface area (Å²) in [7, 11) is -5.46. The van der Waals surface area contributed by atoms with Crippen LogP contribution >= 0.6 is 39.7 Å². The first kappa shape index (κ1) is 35.1. The summed E-state index contributed by atoms with van der Waals surface area (Å²) in [6, 6.07) is 10.00. The molecule has 10 aliphatic rings. The highest BCUT2D eigenvalue weighted by atomic mass is 35.5. The van der Waals surface area contributed by atoms with Crippen LogP contribution in [0.4, 0.5) is 0 Å². The van der Waals surface area contributed by atoms with Crippen molar-refractivity contribution in [2.24, 2.45) is 47.3 Å². The van der Waals surface area contributed by atoms with Crippen LogP contribution in [-0.4, -0.2) is 34.2 Å². The summed E-state index contributed by atoms with van der Waals surface area (Å²) >= 11 is 12.8. The van der Waals surface area contributed by atoms with Crippen molar-refractivity contribution in [3.05, 3.63) is 57.6 Å². The van der Waals surface area contributed by atoms with Crippen LogP contribution in [0.2, 0.25) is 10.0 Å². The molecule has 10 fully saturated rings. The van der Waals surface area contributed by atoms with E-state index >= 15 is 0 Å². The van der Waals surface area contributed by atoms with Crippen molar-refractivity contribution in [2.45, 2.75) is 87.0 Å². The quantitative estimate of drug-likeness (QED) is 0.128. The second kappa shape index (κ2) is 12.3. The Kier molecular flexibility index (Phi) is 8.31. The van der Waals surface area contributed by atoms with E-state index < -0.39 is 39.3 Å². The molecule has 2 unspecified atom stereocenters. The molecule has 12 nitrogen and oxygen atoms in total. The SMILES string of the molecule is O=POc1cc(C2(OCCOC3(c4ccc(Cl)c(OP(=O)(O)O)c4)OOC34C3CC5CC(C3)CC4C5)OOC23C2CC4CC(C2)CC3C4)ccc1Cl. The number of hydrogen-bond donors (Lipinski definition) is 2. The minimum Gasteiger partial charge on any atom is -0.406 e. The fraction of sp³-hybridized carbons (Fsp3) is 0.667. The molecule has 8 saturated carbocycles. The zero-order valence-corrected chi connectivity index (χ0v) is 31.5. The monoisotopic (exact) mass is 796 g/mol. The van der Waals surface area contributed by atoms with Gasteiger partial charge in [-0.15, -0.1) is 0 Å². The highest BCUT2D eigenvalue weighted by Crippen LogP contribution is 2.71. The van der Waals surface area contributed by atoms with Gasteiger partial charge in [0, 0.05) is 11.1 Å². The molecule has 0 radical (unpaired) electrons. The average Bonchev–Trinajstić information content (AvgIpc) is 3.06. The summed E-state index contributed by atoms with van der Waals surface area (Å²) < 4.78 is 47.5. The van der Waals surface area contributed by atoms with Gasteiger partial charge in [-0.05, 0) is 136 Å². The molecule has 16 heteroatoms. The molecule has 2 N–H and O–H groups in total. The van der Waals surface area contributed by atoms with Gasteiger partial charge in [0.1, 0.15) is 0 Å². The van der Waals surface area contributed by atoms with Gasteiger partial charge in [0.05, 0.1) is 23.3 Å². The summed E-state index contributed by atoms with van der Waals surface area (Å²) in [6.45, 7) is 0.115. The first-order valence-electron chi connectivity index (χ1n) is 18.3. The van der Waals surface area contributed by atoms with E-state index in [0.717, 1.165) is 51.4 Å². The second-order valence-corrected chi connectivity index (χ2v) is 18.8. The third-order valence-corrected chi connectivity index (χ3v) is 15.3. The lowest BCUT2D eigenvalue weighted by atomic mass is 9.47. The fourth-order valence-corrected chi connectivity index (χ4v) is 13.7. The number of halogens is 2. The van der Waals surface area contributed by atoms with Crippen LogP contribution in [0.1, 0.15) is 75.3 Å². The van der Waals surface area contributed by atoms with Crippen LogP contribution in [0.15, 0.2) is 36.4 Å². The van der Waals surface area contributed by atoms with E-state index in [4.69, 9.17) is 61.3 Å². The van der Waals surface area contributed by atoms with E-state index in [1.54, 1.807) is 18.2 Å². The van der Waals surface area contributed by atoms with Gasteiger partial charge in [-0.2, -0.15) is 9.78 Å². The standard InChI is InChI=1S/C36H40Cl2O12P2/c37-29-3-1-23(17-31(29)45-51-39)35(33(47-49-35)25-9-19-7-20(11-25)12-26(33)10-19)43-5-6-44-36(24-2-4-30(38)32(18-24)46-52(40,41)42)34(48-50-36)27-13-21-8-22(15-27)16-28(34)14-21/h1-4,17-22,25-28H,5-16H2,(H2,40,41,42). The predicted molar refractivity (Wildman–Crippen MR) is 183 cm³/mol. The first-order chi connectivity index (χ1) is 25.0. The Bertz CT molecular complexity index is 1780. The van der Waals surface area contributed by atoms with Crippen molar-refractivity contribution in [3.63, 3.8) is 0 Å². The number of ether oxygens (including phenoxy) is 2. The number of phosphoric ester groups is 1. The van der Waals surface area contributed by atoms with E-state index in [0.29, 0.717) is 39.8 Å². The Balaban J connectivity index is 0.990. The summed E-state index contributed by atoms with van der Waals surface area (Å²) in [4.78, 5) is 44.1. The molecule has 280 valence electrons. The third-order valence-electron chi connectivity index (χ3n) is 14.0. The Morgan fingerprint density at radius 1 is 0.654 bits per heavy atom. The molecule has 2 heterocycles. The van der Waals surface area contributed by atoms with Crippen LogP contribution in [0.25, 0.3) is 0 Å². The van der Waals surface area contributed by atoms with Crippen molar-refractivity contribution >= 4 is 39.7 Å². The molecule has 2 saturated heterocycles. The Morgan fingerprint density at radius 2 is 1.06 bits per heavy atom. The van der Waals surface area contributed by atoms with Gasteiger partial charge in [0.15, 0.2) is 22.7 Å². The normalized spacial score (nSPS) is 43.6. The lowest BCUT2D eigenvalue weighted by Crippen LogP contribution is -2.77. The minimum atomic E-state index is -4.93. The smallest absolute Gasteiger partial charge is 0.406 e. The summed E-state index contributed by atoms with van der Waals surface area (Å²) in [6.07, 6.45) is 10.6. The van der Waals surface area contributed by atoms with E-state index in [1.165, 1.54) is 25.0 Å². The Morgan fingerprint density at radius 3 is 1.42 bits per heavy atom. The molecular formula is C36H40Cl2O12P2. The summed E-state index contributed by atoms with van der Waals surface area (Å²) in [5.74, 6) is 0.683. The zero-order valence-electron chi connectivity index (χ0n) is 28.2. The van der Waals surface area contributed by atoms with Crippen LogP contribution in [0, 0.1) is 47.3 Å². The van der Waals surface area contributed by atoms with Gasteiger partial charge >= 0.3 is 16.5 Å². The fourth-order valence-electron chi connectivity index (χ4n) is 12.6.